The highest BCUT2D eigenvalue weighted by atomic mass is 79.9. The lowest BCUT2D eigenvalue weighted by atomic mass is 10.2. The molecule has 0 aliphatic rings. The van der Waals surface area contributed by atoms with Gasteiger partial charge in [-0.05, 0) is 41.2 Å². The molecule has 0 bridgehead atoms. The van der Waals surface area contributed by atoms with E-state index in [0.717, 1.165) is 25.2 Å². The quantitative estimate of drug-likeness (QED) is 0.811. The molecular formula is C13H18BrF3N2O. The zero-order chi connectivity index (χ0) is 15.2. The largest absolute Gasteiger partial charge is 0.416 e. The van der Waals surface area contributed by atoms with Gasteiger partial charge in [-0.15, -0.1) is 0 Å². The van der Waals surface area contributed by atoms with Gasteiger partial charge in [-0.2, -0.15) is 13.2 Å². The first-order chi connectivity index (χ1) is 9.34. The summed E-state index contributed by atoms with van der Waals surface area (Å²) in [6, 6.07) is 3.58. The fourth-order valence-electron chi connectivity index (χ4n) is 1.58. The van der Waals surface area contributed by atoms with Gasteiger partial charge in [0.2, 0.25) is 0 Å². The van der Waals surface area contributed by atoms with Crippen LogP contribution in [0.15, 0.2) is 22.7 Å². The maximum absolute atomic E-state index is 12.5. The van der Waals surface area contributed by atoms with Crippen LogP contribution in [-0.4, -0.2) is 45.3 Å². The van der Waals surface area contributed by atoms with E-state index in [1.807, 2.05) is 7.05 Å². The van der Waals surface area contributed by atoms with Crippen molar-refractivity contribution in [3.8, 4) is 0 Å². The van der Waals surface area contributed by atoms with Crippen molar-refractivity contribution in [1.29, 1.82) is 0 Å². The molecule has 0 saturated carbocycles. The van der Waals surface area contributed by atoms with Crippen LogP contribution in [0.2, 0.25) is 0 Å². The number of nitrogens with one attached hydrogen (secondary N) is 1. The van der Waals surface area contributed by atoms with E-state index in [9.17, 15) is 13.2 Å². The predicted molar refractivity (Wildman–Crippen MR) is 77.0 cm³/mol. The summed E-state index contributed by atoms with van der Waals surface area (Å²) in [7, 11) is 3.61. The second-order valence-electron chi connectivity index (χ2n) is 4.42. The number of methoxy groups -OCH3 is 1. The van der Waals surface area contributed by atoms with Crippen molar-refractivity contribution in [3.63, 3.8) is 0 Å². The minimum absolute atomic E-state index is 0.409. The molecule has 0 aromatic heterocycles. The van der Waals surface area contributed by atoms with Crippen molar-refractivity contribution >= 4 is 21.6 Å². The lowest BCUT2D eigenvalue weighted by Gasteiger charge is -2.17. The van der Waals surface area contributed by atoms with Crippen LogP contribution in [0.3, 0.4) is 0 Å². The van der Waals surface area contributed by atoms with Gasteiger partial charge in [0.25, 0.3) is 0 Å². The highest BCUT2D eigenvalue weighted by Crippen LogP contribution is 2.33. The van der Waals surface area contributed by atoms with Gasteiger partial charge in [0.1, 0.15) is 0 Å². The number of alkyl halides is 3. The third-order valence-electron chi connectivity index (χ3n) is 2.78. The van der Waals surface area contributed by atoms with Crippen molar-refractivity contribution in [3.05, 3.63) is 28.2 Å². The van der Waals surface area contributed by atoms with Crippen LogP contribution >= 0.6 is 15.9 Å². The number of rotatable bonds is 7. The molecule has 1 rings (SSSR count). The van der Waals surface area contributed by atoms with Crippen LogP contribution in [0.5, 0.6) is 0 Å². The maximum Gasteiger partial charge on any atom is 0.416 e. The molecule has 114 valence electrons. The first-order valence-electron chi connectivity index (χ1n) is 6.12. The smallest absolute Gasteiger partial charge is 0.383 e. The van der Waals surface area contributed by atoms with Crippen molar-refractivity contribution in [2.75, 3.05) is 45.7 Å². The van der Waals surface area contributed by atoms with E-state index in [1.54, 1.807) is 7.11 Å². The molecule has 0 spiro atoms. The summed E-state index contributed by atoms with van der Waals surface area (Å²) >= 11 is 3.15. The molecular weight excluding hydrogens is 337 g/mol. The zero-order valence-corrected chi connectivity index (χ0v) is 13.0. The van der Waals surface area contributed by atoms with Crippen molar-refractivity contribution in [2.45, 2.75) is 6.18 Å². The summed E-state index contributed by atoms with van der Waals surface area (Å²) in [5.41, 5.74) is -0.00900. The average Bonchev–Trinajstić information content (AvgIpc) is 2.37. The summed E-state index contributed by atoms with van der Waals surface area (Å²) < 4.78 is 42.9. The minimum Gasteiger partial charge on any atom is -0.383 e. The molecule has 0 atom stereocenters. The van der Waals surface area contributed by atoms with Crippen molar-refractivity contribution < 1.29 is 17.9 Å². The highest BCUT2D eigenvalue weighted by Gasteiger charge is 2.30. The molecule has 0 amide bonds. The third kappa shape index (κ3) is 5.68. The van der Waals surface area contributed by atoms with E-state index < -0.39 is 11.7 Å². The summed E-state index contributed by atoms with van der Waals surface area (Å²) in [6.45, 7) is 2.88. The number of ether oxygens (including phenoxy) is 1. The number of benzene rings is 1. The van der Waals surface area contributed by atoms with E-state index in [-0.39, 0.29) is 0 Å². The van der Waals surface area contributed by atoms with E-state index in [2.05, 4.69) is 26.1 Å². The Morgan fingerprint density at radius 3 is 2.55 bits per heavy atom. The normalized spacial score (nSPS) is 11.9. The number of hydrogen-bond donors (Lipinski definition) is 1. The van der Waals surface area contributed by atoms with Gasteiger partial charge in [0.05, 0.1) is 12.2 Å². The van der Waals surface area contributed by atoms with Crippen LogP contribution in [0.4, 0.5) is 18.9 Å². The Balaban J connectivity index is 2.49. The fraction of sp³-hybridized carbons (Fsp3) is 0.538. The number of nitrogens with zero attached hydrogens (tertiary/aromatic N) is 1. The highest BCUT2D eigenvalue weighted by molar-refractivity contribution is 9.10. The van der Waals surface area contributed by atoms with Gasteiger partial charge in [-0.1, -0.05) is 0 Å². The number of anilines is 1. The molecule has 7 heteroatoms. The second-order valence-corrected chi connectivity index (χ2v) is 5.27. The van der Waals surface area contributed by atoms with Crippen LogP contribution in [-0.2, 0) is 10.9 Å². The molecule has 0 radical (unpaired) electrons. The van der Waals surface area contributed by atoms with E-state index in [0.29, 0.717) is 23.3 Å². The van der Waals surface area contributed by atoms with Gasteiger partial charge in [-0.25, -0.2) is 0 Å². The van der Waals surface area contributed by atoms with Crippen LogP contribution in [0.25, 0.3) is 0 Å². The average molecular weight is 355 g/mol. The summed E-state index contributed by atoms with van der Waals surface area (Å²) in [6.07, 6.45) is -4.32. The monoisotopic (exact) mass is 354 g/mol. The molecule has 0 aliphatic carbocycles. The maximum atomic E-state index is 12.5. The Labute approximate surface area is 125 Å². The number of likely N-dealkylation sites (N-methyl/N-ethyl adjacent to an activating group) is 1. The molecule has 20 heavy (non-hydrogen) atoms. The Bertz CT molecular complexity index is 427. The molecule has 0 heterocycles. The Morgan fingerprint density at radius 1 is 1.30 bits per heavy atom. The van der Waals surface area contributed by atoms with E-state index >= 15 is 0 Å². The molecule has 0 unspecified atom stereocenters. The standard InChI is InChI=1S/C13H18BrF3N2O/c1-19(7-8-20-2)6-5-18-12-4-3-10(9-11(12)14)13(15,16)17/h3-4,9,18H,5-8H2,1-2H3. The molecule has 1 N–H and O–H groups in total. The second kappa shape index (κ2) is 7.85. The molecule has 3 nitrogen and oxygen atoms in total. The SMILES string of the molecule is COCCN(C)CCNc1ccc(C(F)(F)F)cc1Br. The fourth-order valence-corrected chi connectivity index (χ4v) is 2.09. The summed E-state index contributed by atoms with van der Waals surface area (Å²) in [5, 5.41) is 3.10. The van der Waals surface area contributed by atoms with E-state index in [1.165, 1.54) is 6.07 Å². The zero-order valence-electron chi connectivity index (χ0n) is 11.4. The first kappa shape index (κ1) is 17.3. The van der Waals surface area contributed by atoms with Crippen LogP contribution in [0, 0.1) is 0 Å². The van der Waals surface area contributed by atoms with E-state index in [4.69, 9.17) is 4.74 Å². The van der Waals surface area contributed by atoms with Crippen molar-refractivity contribution in [1.82, 2.24) is 4.90 Å². The Kier molecular flexibility index (Phi) is 6.78. The van der Waals surface area contributed by atoms with Crippen LogP contribution in [0.1, 0.15) is 5.56 Å². The van der Waals surface area contributed by atoms with Crippen LogP contribution < -0.4 is 5.32 Å². The van der Waals surface area contributed by atoms with Crippen molar-refractivity contribution in [2.24, 2.45) is 0 Å². The predicted octanol–water partition coefficient (Wildman–Crippen LogP) is 3.46. The van der Waals surface area contributed by atoms with Gasteiger partial charge in [0.15, 0.2) is 0 Å². The Hall–Kier alpha value is -0.790. The topological polar surface area (TPSA) is 24.5 Å². The number of hydrogen-bond acceptors (Lipinski definition) is 3. The first-order valence-corrected chi connectivity index (χ1v) is 6.92. The molecule has 0 saturated heterocycles. The summed E-state index contributed by atoms with van der Waals surface area (Å²) in [4.78, 5) is 2.08. The minimum atomic E-state index is -4.32. The third-order valence-corrected chi connectivity index (χ3v) is 3.44. The summed E-state index contributed by atoms with van der Waals surface area (Å²) in [5.74, 6) is 0. The lowest BCUT2D eigenvalue weighted by molar-refractivity contribution is -0.137. The van der Waals surface area contributed by atoms with Gasteiger partial charge in [0, 0.05) is 36.9 Å². The molecule has 1 aromatic carbocycles. The van der Waals surface area contributed by atoms with Gasteiger partial charge >= 0.3 is 6.18 Å². The molecule has 0 aliphatic heterocycles. The number of halogens is 4. The van der Waals surface area contributed by atoms with Gasteiger partial charge in [-0.3, -0.25) is 0 Å². The Morgan fingerprint density at radius 2 is 2.00 bits per heavy atom. The lowest BCUT2D eigenvalue weighted by Crippen LogP contribution is -2.28. The molecule has 0 fully saturated rings. The van der Waals surface area contributed by atoms with Gasteiger partial charge < -0.3 is 15.0 Å². The molecule has 1 aromatic rings.